The van der Waals surface area contributed by atoms with E-state index in [9.17, 15) is 0 Å². The molecule has 2 aromatic heterocycles. The Morgan fingerprint density at radius 2 is 2.25 bits per heavy atom. The van der Waals surface area contributed by atoms with Crippen LogP contribution in [0.5, 0.6) is 0 Å². The van der Waals surface area contributed by atoms with E-state index in [0.29, 0.717) is 5.56 Å². The molecular formula is C14H15N2+. The number of pyridine rings is 2. The average molecular weight is 214 g/mol. The molecule has 0 aromatic carbocycles. The van der Waals surface area contributed by atoms with E-state index in [1.54, 1.807) is 12.4 Å². The minimum atomic E-state index is -2.06. The van der Waals surface area contributed by atoms with E-state index in [1.165, 1.54) is 5.56 Å². The summed E-state index contributed by atoms with van der Waals surface area (Å²) in [6.45, 7) is 2.50. The van der Waals surface area contributed by atoms with Crippen molar-refractivity contribution in [3.63, 3.8) is 0 Å². The van der Waals surface area contributed by atoms with Gasteiger partial charge >= 0.3 is 0 Å². The van der Waals surface area contributed by atoms with Gasteiger partial charge in [-0.3, -0.25) is 4.98 Å². The molecule has 0 spiro atoms. The summed E-state index contributed by atoms with van der Waals surface area (Å²) in [5, 5.41) is 0. The fourth-order valence-electron chi connectivity index (χ4n) is 2.32. The van der Waals surface area contributed by atoms with Gasteiger partial charge in [-0.2, -0.15) is 4.57 Å². The van der Waals surface area contributed by atoms with E-state index in [0.717, 1.165) is 29.1 Å². The van der Waals surface area contributed by atoms with E-state index in [-0.39, 0.29) is 0 Å². The van der Waals surface area contributed by atoms with E-state index in [4.69, 9.17) is 4.11 Å². The zero-order valence-electron chi connectivity index (χ0n) is 12.4. The van der Waals surface area contributed by atoms with Crippen LogP contribution in [0.3, 0.4) is 0 Å². The lowest BCUT2D eigenvalue weighted by Crippen LogP contribution is -2.32. The van der Waals surface area contributed by atoms with E-state index < -0.39 is 6.85 Å². The van der Waals surface area contributed by atoms with Crippen molar-refractivity contribution in [2.75, 3.05) is 0 Å². The van der Waals surface area contributed by atoms with Crippen LogP contribution in [0.2, 0.25) is 0 Å². The van der Waals surface area contributed by atoms with Crippen molar-refractivity contribution in [2.45, 2.75) is 27.2 Å². The molecule has 1 aliphatic heterocycles. The molecule has 0 aliphatic carbocycles. The van der Waals surface area contributed by atoms with Crippen molar-refractivity contribution in [1.82, 2.24) is 4.98 Å². The lowest BCUT2D eigenvalue weighted by atomic mass is 10.0. The van der Waals surface area contributed by atoms with Crippen LogP contribution < -0.4 is 4.57 Å². The molecule has 0 radical (unpaired) electrons. The van der Waals surface area contributed by atoms with E-state index >= 15 is 0 Å². The third-order valence-electron chi connectivity index (χ3n) is 3.20. The first kappa shape index (κ1) is 6.79. The molecule has 16 heavy (non-hydrogen) atoms. The lowest BCUT2D eigenvalue weighted by molar-refractivity contribution is -0.672. The highest BCUT2D eigenvalue weighted by molar-refractivity contribution is 5.66. The topological polar surface area (TPSA) is 16.8 Å². The van der Waals surface area contributed by atoms with E-state index in [1.807, 2.05) is 30.5 Å². The SMILES string of the molecule is [2H]C([2H])([2H])c1c[n+]2c(cc1C)-c1c(ccnc1C)C2. The Kier molecular flexibility index (Phi) is 1.33. The highest BCUT2D eigenvalue weighted by atomic mass is 15.0. The quantitative estimate of drug-likeness (QED) is 0.525. The Balaban J connectivity index is 2.24. The molecular weight excluding hydrogens is 196 g/mol. The summed E-state index contributed by atoms with van der Waals surface area (Å²) < 4.78 is 24.8. The molecule has 2 heteroatoms. The molecule has 80 valence electrons. The third-order valence-corrected chi connectivity index (χ3v) is 3.20. The number of nitrogens with zero attached hydrogens (tertiary/aromatic N) is 2. The van der Waals surface area contributed by atoms with Crippen LogP contribution in [0.4, 0.5) is 0 Å². The number of aromatic nitrogens is 2. The summed E-state index contributed by atoms with van der Waals surface area (Å²) in [4.78, 5) is 4.33. The molecule has 0 saturated heterocycles. The molecule has 1 aliphatic rings. The van der Waals surface area contributed by atoms with Gasteiger partial charge in [0.1, 0.15) is 0 Å². The van der Waals surface area contributed by atoms with Crippen LogP contribution in [0, 0.1) is 20.7 Å². The predicted octanol–water partition coefficient (Wildman–Crippen LogP) is 2.32. The van der Waals surface area contributed by atoms with Gasteiger partial charge in [-0.25, -0.2) is 0 Å². The van der Waals surface area contributed by atoms with Gasteiger partial charge in [-0.1, -0.05) is 0 Å². The maximum absolute atomic E-state index is 7.59. The Hall–Kier alpha value is -1.70. The van der Waals surface area contributed by atoms with Crippen LogP contribution in [0.1, 0.15) is 26.5 Å². The van der Waals surface area contributed by atoms with Crippen molar-refractivity contribution in [2.24, 2.45) is 0 Å². The fraction of sp³-hybridized carbons (Fsp3) is 0.286. The summed E-state index contributed by atoms with van der Waals surface area (Å²) in [5.41, 5.74) is 5.63. The molecule has 0 N–H and O–H groups in total. The van der Waals surface area contributed by atoms with Crippen LogP contribution in [0.15, 0.2) is 24.5 Å². The Labute approximate surface area is 99.8 Å². The van der Waals surface area contributed by atoms with Crippen LogP contribution >= 0.6 is 0 Å². The molecule has 0 atom stereocenters. The van der Waals surface area contributed by atoms with Crippen molar-refractivity contribution < 1.29 is 8.68 Å². The van der Waals surface area contributed by atoms with Crippen LogP contribution in [0.25, 0.3) is 11.3 Å². The lowest BCUT2D eigenvalue weighted by Gasteiger charge is -2.01. The van der Waals surface area contributed by atoms with Gasteiger partial charge < -0.3 is 0 Å². The minimum absolute atomic E-state index is 0.426. The molecule has 3 heterocycles. The van der Waals surface area contributed by atoms with Crippen LogP contribution in [-0.4, -0.2) is 4.98 Å². The Morgan fingerprint density at radius 1 is 1.38 bits per heavy atom. The number of aryl methyl sites for hydroxylation is 3. The van der Waals surface area contributed by atoms with Gasteiger partial charge in [0.2, 0.25) is 5.69 Å². The molecule has 0 saturated carbocycles. The van der Waals surface area contributed by atoms with Gasteiger partial charge in [-0.15, -0.1) is 0 Å². The highest BCUT2D eigenvalue weighted by Gasteiger charge is 2.28. The fourth-order valence-corrected chi connectivity index (χ4v) is 2.32. The normalized spacial score (nSPS) is 16.0. The second-order valence-electron chi connectivity index (χ2n) is 4.31. The summed E-state index contributed by atoms with van der Waals surface area (Å²) in [6.07, 6.45) is 3.56. The summed E-state index contributed by atoms with van der Waals surface area (Å²) in [5.74, 6) is 0. The molecule has 3 rings (SSSR count). The van der Waals surface area contributed by atoms with Crippen molar-refractivity contribution >= 4 is 0 Å². The second kappa shape index (κ2) is 3.14. The minimum Gasteiger partial charge on any atom is -0.261 e. The van der Waals surface area contributed by atoms with Gasteiger partial charge in [0.15, 0.2) is 12.7 Å². The van der Waals surface area contributed by atoms with Gasteiger partial charge in [0.25, 0.3) is 0 Å². The summed E-state index contributed by atoms with van der Waals surface area (Å²) in [6, 6.07) is 3.96. The van der Waals surface area contributed by atoms with E-state index in [2.05, 4.69) is 4.98 Å². The van der Waals surface area contributed by atoms with Gasteiger partial charge in [-0.05, 0) is 32.3 Å². The zero-order chi connectivity index (χ0) is 13.8. The Bertz CT molecular complexity index is 675. The smallest absolute Gasteiger partial charge is 0.215 e. The molecule has 0 fully saturated rings. The first-order chi connectivity index (χ1) is 8.88. The maximum atomic E-state index is 7.59. The molecule has 0 bridgehead atoms. The number of fused-ring (bicyclic) bond motifs is 3. The summed E-state index contributed by atoms with van der Waals surface area (Å²) in [7, 11) is 0. The largest absolute Gasteiger partial charge is 0.261 e. The van der Waals surface area contributed by atoms with Gasteiger partial charge in [0.05, 0.1) is 11.3 Å². The summed E-state index contributed by atoms with van der Waals surface area (Å²) >= 11 is 0. The molecule has 0 unspecified atom stereocenters. The third kappa shape index (κ3) is 1.19. The molecule has 2 nitrogen and oxygen atoms in total. The number of hydrogen-bond acceptors (Lipinski definition) is 1. The maximum Gasteiger partial charge on any atom is 0.215 e. The first-order valence-corrected chi connectivity index (χ1v) is 5.37. The zero-order valence-corrected chi connectivity index (χ0v) is 9.41. The second-order valence-corrected chi connectivity index (χ2v) is 4.31. The Morgan fingerprint density at radius 3 is 3.06 bits per heavy atom. The van der Waals surface area contributed by atoms with Crippen molar-refractivity contribution in [1.29, 1.82) is 0 Å². The average Bonchev–Trinajstić information content (AvgIpc) is 2.65. The number of rotatable bonds is 0. The van der Waals surface area contributed by atoms with Gasteiger partial charge in [0, 0.05) is 27.5 Å². The monoisotopic (exact) mass is 214 g/mol. The van der Waals surface area contributed by atoms with Crippen molar-refractivity contribution in [3.05, 3.63) is 46.9 Å². The molecule has 0 amide bonds. The number of hydrogen-bond donors (Lipinski definition) is 0. The standard InChI is InChI=1S/C14H15N2/c1-9-6-13-14-11(3)15-5-4-12(14)8-16(13)7-10(9)2/h4-7H,8H2,1-3H3/q+1/i2D3. The van der Waals surface area contributed by atoms with Crippen LogP contribution in [-0.2, 0) is 6.54 Å². The molecule has 2 aromatic rings. The first-order valence-electron chi connectivity index (χ1n) is 6.87. The highest BCUT2D eigenvalue weighted by Crippen LogP contribution is 2.29. The van der Waals surface area contributed by atoms with Crippen molar-refractivity contribution in [3.8, 4) is 11.3 Å². The predicted molar refractivity (Wildman–Crippen MR) is 63.2 cm³/mol.